The number of benzene rings is 1. The third kappa shape index (κ3) is 4.82. The van der Waals surface area contributed by atoms with Gasteiger partial charge < -0.3 is 14.0 Å². The van der Waals surface area contributed by atoms with Gasteiger partial charge in [0.25, 0.3) is 0 Å². The highest BCUT2D eigenvalue weighted by Gasteiger charge is 2.22. The van der Waals surface area contributed by atoms with Crippen molar-refractivity contribution in [2.75, 3.05) is 13.7 Å². The lowest BCUT2D eigenvalue weighted by Gasteiger charge is -2.18. The molecule has 1 aromatic heterocycles. The molecule has 0 spiro atoms. The van der Waals surface area contributed by atoms with Gasteiger partial charge in [0.1, 0.15) is 0 Å². The van der Waals surface area contributed by atoms with Crippen LogP contribution in [0.4, 0.5) is 0 Å². The SMILES string of the molecule is CC/C=C(\Cn1c(C)cc(=O)cc1C)c1ccc(OC)c(OCC2CC2)c1. The Bertz CT molecular complexity index is 865. The van der Waals surface area contributed by atoms with Crippen molar-refractivity contribution in [2.45, 2.75) is 46.6 Å². The molecule has 2 aromatic rings. The second kappa shape index (κ2) is 8.47. The second-order valence-electron chi connectivity index (χ2n) is 7.32. The highest BCUT2D eigenvalue weighted by molar-refractivity contribution is 5.68. The number of aromatic nitrogens is 1. The number of nitrogens with zero attached hydrogens (tertiary/aromatic N) is 1. The van der Waals surface area contributed by atoms with Gasteiger partial charge in [-0.3, -0.25) is 4.79 Å². The van der Waals surface area contributed by atoms with Crippen LogP contribution < -0.4 is 14.9 Å². The van der Waals surface area contributed by atoms with Crippen LogP contribution >= 0.6 is 0 Å². The Morgan fingerprint density at radius 2 is 1.85 bits per heavy atom. The Hall–Kier alpha value is -2.49. The number of hydrogen-bond acceptors (Lipinski definition) is 3. The molecule has 1 heterocycles. The van der Waals surface area contributed by atoms with Gasteiger partial charge in [-0.2, -0.15) is 0 Å². The first kappa shape index (κ1) is 19.3. The summed E-state index contributed by atoms with van der Waals surface area (Å²) in [5.41, 5.74) is 4.34. The maximum Gasteiger partial charge on any atom is 0.182 e. The summed E-state index contributed by atoms with van der Waals surface area (Å²) in [4.78, 5) is 11.7. The van der Waals surface area contributed by atoms with Crippen molar-refractivity contribution in [3.8, 4) is 11.5 Å². The first-order chi connectivity index (χ1) is 13.0. The summed E-state index contributed by atoms with van der Waals surface area (Å²) in [6.07, 6.45) is 5.70. The van der Waals surface area contributed by atoms with E-state index >= 15 is 0 Å². The van der Waals surface area contributed by atoms with Crippen molar-refractivity contribution in [2.24, 2.45) is 5.92 Å². The molecule has 27 heavy (non-hydrogen) atoms. The number of rotatable bonds is 8. The van der Waals surface area contributed by atoms with Gasteiger partial charge in [0.2, 0.25) is 0 Å². The van der Waals surface area contributed by atoms with Gasteiger partial charge in [-0.15, -0.1) is 0 Å². The van der Waals surface area contributed by atoms with Crippen LogP contribution in [0.1, 0.15) is 43.1 Å². The lowest BCUT2D eigenvalue weighted by atomic mass is 10.0. The van der Waals surface area contributed by atoms with E-state index in [2.05, 4.69) is 29.7 Å². The summed E-state index contributed by atoms with van der Waals surface area (Å²) in [6, 6.07) is 9.52. The average molecular weight is 367 g/mol. The van der Waals surface area contributed by atoms with Gasteiger partial charge in [-0.25, -0.2) is 0 Å². The van der Waals surface area contributed by atoms with Crippen molar-refractivity contribution < 1.29 is 9.47 Å². The number of pyridine rings is 1. The molecular formula is C23H29NO3. The zero-order chi connectivity index (χ0) is 19.4. The summed E-state index contributed by atoms with van der Waals surface area (Å²) in [6.45, 7) is 7.58. The normalized spacial score (nSPS) is 14.3. The smallest absolute Gasteiger partial charge is 0.182 e. The Balaban J connectivity index is 1.91. The van der Waals surface area contributed by atoms with Crippen LogP contribution in [-0.2, 0) is 6.54 Å². The van der Waals surface area contributed by atoms with Crippen molar-refractivity contribution in [1.29, 1.82) is 0 Å². The highest BCUT2D eigenvalue weighted by atomic mass is 16.5. The minimum atomic E-state index is 0.0579. The van der Waals surface area contributed by atoms with Crippen LogP contribution in [0, 0.1) is 19.8 Å². The predicted molar refractivity (Wildman–Crippen MR) is 110 cm³/mol. The number of methoxy groups -OCH3 is 1. The molecule has 144 valence electrons. The van der Waals surface area contributed by atoms with E-state index in [1.54, 1.807) is 19.2 Å². The van der Waals surface area contributed by atoms with Gasteiger partial charge in [-0.1, -0.05) is 19.1 Å². The first-order valence-electron chi connectivity index (χ1n) is 9.70. The monoisotopic (exact) mass is 367 g/mol. The van der Waals surface area contributed by atoms with Crippen LogP contribution in [0.15, 0.2) is 41.2 Å². The van der Waals surface area contributed by atoms with E-state index in [1.165, 1.54) is 18.4 Å². The van der Waals surface area contributed by atoms with Crippen LogP contribution in [0.5, 0.6) is 11.5 Å². The fourth-order valence-electron chi connectivity index (χ4n) is 3.31. The molecule has 0 amide bonds. The minimum Gasteiger partial charge on any atom is -0.493 e. The van der Waals surface area contributed by atoms with Crippen molar-refractivity contribution in [1.82, 2.24) is 4.57 Å². The lowest BCUT2D eigenvalue weighted by Crippen LogP contribution is -2.14. The molecule has 0 aliphatic heterocycles. The number of allylic oxidation sites excluding steroid dienone is 2. The molecule has 0 N–H and O–H groups in total. The molecule has 3 rings (SSSR count). The van der Waals surface area contributed by atoms with Gasteiger partial charge in [-0.05, 0) is 62.3 Å². The molecule has 4 nitrogen and oxygen atoms in total. The summed E-state index contributed by atoms with van der Waals surface area (Å²) in [5, 5.41) is 0. The first-order valence-corrected chi connectivity index (χ1v) is 9.70. The highest BCUT2D eigenvalue weighted by Crippen LogP contribution is 2.35. The molecule has 0 saturated heterocycles. The topological polar surface area (TPSA) is 40.5 Å². The molecule has 1 aliphatic carbocycles. The number of aryl methyl sites for hydroxylation is 2. The minimum absolute atomic E-state index is 0.0579. The molecular weight excluding hydrogens is 338 g/mol. The molecule has 0 atom stereocenters. The van der Waals surface area contributed by atoms with E-state index in [0.717, 1.165) is 48.0 Å². The van der Waals surface area contributed by atoms with E-state index in [1.807, 2.05) is 19.9 Å². The molecule has 1 saturated carbocycles. The van der Waals surface area contributed by atoms with E-state index in [-0.39, 0.29) is 5.43 Å². The zero-order valence-electron chi connectivity index (χ0n) is 16.7. The summed E-state index contributed by atoms with van der Waals surface area (Å²) >= 11 is 0. The fourth-order valence-corrected chi connectivity index (χ4v) is 3.31. The van der Waals surface area contributed by atoms with Crippen LogP contribution in [0.25, 0.3) is 5.57 Å². The van der Waals surface area contributed by atoms with E-state index in [0.29, 0.717) is 5.92 Å². The maximum atomic E-state index is 11.7. The molecule has 4 heteroatoms. The van der Waals surface area contributed by atoms with Gasteiger partial charge in [0.05, 0.1) is 13.7 Å². The molecule has 0 unspecified atom stereocenters. The maximum absolute atomic E-state index is 11.7. The van der Waals surface area contributed by atoms with E-state index < -0.39 is 0 Å². The summed E-state index contributed by atoms with van der Waals surface area (Å²) in [7, 11) is 1.68. The van der Waals surface area contributed by atoms with Crippen molar-refractivity contribution in [3.63, 3.8) is 0 Å². The van der Waals surface area contributed by atoms with Gasteiger partial charge in [0.15, 0.2) is 16.9 Å². The summed E-state index contributed by atoms with van der Waals surface area (Å²) in [5.74, 6) is 2.26. The predicted octanol–water partition coefficient (Wildman–Crippen LogP) is 4.76. The molecule has 1 aromatic carbocycles. The zero-order valence-corrected chi connectivity index (χ0v) is 16.7. The lowest BCUT2D eigenvalue weighted by molar-refractivity contribution is 0.280. The second-order valence-corrected chi connectivity index (χ2v) is 7.32. The van der Waals surface area contributed by atoms with Crippen molar-refractivity contribution >= 4 is 5.57 Å². The number of hydrogen-bond donors (Lipinski definition) is 0. The van der Waals surface area contributed by atoms with E-state index in [4.69, 9.17) is 9.47 Å². The summed E-state index contributed by atoms with van der Waals surface area (Å²) < 4.78 is 13.7. The molecule has 1 fully saturated rings. The van der Waals surface area contributed by atoms with Gasteiger partial charge >= 0.3 is 0 Å². The average Bonchev–Trinajstić information content (AvgIpc) is 3.46. The van der Waals surface area contributed by atoms with Crippen LogP contribution in [0.2, 0.25) is 0 Å². The van der Waals surface area contributed by atoms with Crippen LogP contribution in [-0.4, -0.2) is 18.3 Å². The van der Waals surface area contributed by atoms with Crippen molar-refractivity contribution in [3.05, 3.63) is 63.6 Å². The third-order valence-corrected chi connectivity index (χ3v) is 5.04. The molecule has 0 radical (unpaired) electrons. The van der Waals surface area contributed by atoms with Gasteiger partial charge in [0, 0.05) is 30.1 Å². The Labute approximate surface area is 161 Å². The molecule has 1 aliphatic rings. The standard InChI is InChI=1S/C23H29NO3/c1-5-6-20(14-24-16(2)11-21(25)12-17(24)3)19-9-10-22(26-4)23(13-19)27-15-18-7-8-18/h6,9-13,18H,5,7-8,14-15H2,1-4H3/b20-6+. The quantitative estimate of drug-likeness (QED) is 0.676. The molecule has 0 bridgehead atoms. The Morgan fingerprint density at radius 3 is 2.44 bits per heavy atom. The fraction of sp³-hybridized carbons (Fsp3) is 0.435. The third-order valence-electron chi connectivity index (χ3n) is 5.04. The van der Waals surface area contributed by atoms with E-state index in [9.17, 15) is 4.79 Å². The van der Waals surface area contributed by atoms with Crippen LogP contribution in [0.3, 0.4) is 0 Å². The largest absolute Gasteiger partial charge is 0.493 e. The Morgan fingerprint density at radius 1 is 1.15 bits per heavy atom. The Kier molecular flexibility index (Phi) is 6.04. The number of ether oxygens (including phenoxy) is 2.